The van der Waals surface area contributed by atoms with E-state index in [-0.39, 0.29) is 24.7 Å². The molecular formula is C18H22ClN5O3. The Bertz CT molecular complexity index is 866. The third-order valence-electron chi connectivity index (χ3n) is 5.19. The molecule has 0 radical (unpaired) electrons. The molecular weight excluding hydrogens is 370 g/mol. The number of urea groups is 2. The quantitative estimate of drug-likeness (QED) is 0.835. The first-order valence-corrected chi connectivity index (χ1v) is 9.55. The van der Waals surface area contributed by atoms with Gasteiger partial charge < -0.3 is 25.4 Å². The lowest BCUT2D eigenvalue weighted by Crippen LogP contribution is -2.55. The van der Waals surface area contributed by atoms with E-state index in [0.717, 1.165) is 31.1 Å². The molecule has 8 nitrogen and oxygen atoms in total. The van der Waals surface area contributed by atoms with Gasteiger partial charge in [0.25, 0.3) is 0 Å². The van der Waals surface area contributed by atoms with E-state index < -0.39 is 6.03 Å². The van der Waals surface area contributed by atoms with Gasteiger partial charge in [-0.25, -0.2) is 9.59 Å². The summed E-state index contributed by atoms with van der Waals surface area (Å²) in [7, 11) is 0. The van der Waals surface area contributed by atoms with Crippen LogP contribution in [0.2, 0.25) is 5.02 Å². The number of benzene rings is 1. The zero-order valence-corrected chi connectivity index (χ0v) is 15.6. The molecule has 3 N–H and O–H groups in total. The number of nitrogens with two attached hydrogens (primary N) is 1. The van der Waals surface area contributed by atoms with Crippen molar-refractivity contribution in [1.82, 2.24) is 20.3 Å². The van der Waals surface area contributed by atoms with Crippen LogP contribution in [0.4, 0.5) is 9.59 Å². The summed E-state index contributed by atoms with van der Waals surface area (Å²) < 4.78 is 5.28. The fraction of sp³-hybridized carbons (Fsp3) is 0.500. The van der Waals surface area contributed by atoms with Crippen molar-refractivity contribution in [2.45, 2.75) is 44.3 Å². The van der Waals surface area contributed by atoms with Crippen molar-refractivity contribution in [3.63, 3.8) is 0 Å². The molecule has 1 aromatic carbocycles. The Morgan fingerprint density at radius 1 is 1.33 bits per heavy atom. The second kappa shape index (κ2) is 7.26. The minimum Gasteiger partial charge on any atom is -0.356 e. The number of nitrogens with zero attached hydrogens (tertiary/aromatic N) is 3. The molecule has 1 saturated heterocycles. The predicted octanol–water partition coefficient (Wildman–Crippen LogP) is 2.70. The molecule has 2 aliphatic rings. The Kier molecular flexibility index (Phi) is 4.82. The lowest BCUT2D eigenvalue weighted by atomic mass is 10.0. The summed E-state index contributed by atoms with van der Waals surface area (Å²) in [4.78, 5) is 27.9. The molecule has 1 aliphatic carbocycles. The van der Waals surface area contributed by atoms with Crippen molar-refractivity contribution < 1.29 is 14.1 Å². The average Bonchev–Trinajstić information content (AvgIpc) is 3.40. The maximum Gasteiger partial charge on any atom is 0.318 e. The first-order chi connectivity index (χ1) is 13.0. The minimum absolute atomic E-state index is 0.0118. The molecule has 2 heterocycles. The highest BCUT2D eigenvalue weighted by Crippen LogP contribution is 2.31. The number of nitrogens with one attached hydrogen (secondary N) is 1. The van der Waals surface area contributed by atoms with Crippen LogP contribution in [0.3, 0.4) is 0 Å². The molecule has 4 amide bonds. The van der Waals surface area contributed by atoms with Crippen molar-refractivity contribution >= 4 is 34.6 Å². The number of fused-ring (bicyclic) bond motifs is 1. The number of likely N-dealkylation sites (tertiary alicyclic amines) is 1. The van der Waals surface area contributed by atoms with Crippen molar-refractivity contribution in [3.8, 4) is 0 Å². The highest BCUT2D eigenvalue weighted by molar-refractivity contribution is 6.31. The zero-order chi connectivity index (χ0) is 19.0. The van der Waals surface area contributed by atoms with E-state index in [1.807, 2.05) is 4.90 Å². The summed E-state index contributed by atoms with van der Waals surface area (Å²) in [5.41, 5.74) is 6.69. The summed E-state index contributed by atoms with van der Waals surface area (Å²) in [5, 5.41) is 8.37. The first-order valence-electron chi connectivity index (χ1n) is 9.17. The molecule has 0 unspecified atom stereocenters. The number of rotatable bonds is 4. The van der Waals surface area contributed by atoms with Gasteiger partial charge in [-0.3, -0.25) is 0 Å². The van der Waals surface area contributed by atoms with Gasteiger partial charge in [-0.1, -0.05) is 16.8 Å². The van der Waals surface area contributed by atoms with E-state index in [9.17, 15) is 9.59 Å². The van der Waals surface area contributed by atoms with Crippen LogP contribution in [0, 0.1) is 0 Å². The van der Waals surface area contributed by atoms with Crippen molar-refractivity contribution in [2.24, 2.45) is 5.73 Å². The van der Waals surface area contributed by atoms with Gasteiger partial charge in [-0.15, -0.1) is 0 Å². The molecule has 0 bridgehead atoms. The van der Waals surface area contributed by atoms with Crippen LogP contribution < -0.4 is 11.1 Å². The van der Waals surface area contributed by atoms with E-state index in [1.165, 1.54) is 0 Å². The van der Waals surface area contributed by atoms with Crippen LogP contribution in [0.5, 0.6) is 0 Å². The number of hydrogen-bond donors (Lipinski definition) is 2. The SMILES string of the molecule is NC(=O)N1CCC[C@@H](N(C(=O)NCc2noc3ccc(Cl)cc23)C2CC2)C1. The maximum absolute atomic E-state index is 12.9. The minimum atomic E-state index is -0.429. The molecule has 1 saturated carbocycles. The van der Waals surface area contributed by atoms with Gasteiger partial charge >= 0.3 is 12.1 Å². The number of piperidine rings is 1. The summed E-state index contributed by atoms with van der Waals surface area (Å²) in [6.07, 6.45) is 3.69. The van der Waals surface area contributed by atoms with Crippen LogP contribution in [0.1, 0.15) is 31.4 Å². The largest absolute Gasteiger partial charge is 0.356 e. The zero-order valence-electron chi connectivity index (χ0n) is 14.9. The van der Waals surface area contributed by atoms with Crippen LogP contribution >= 0.6 is 11.6 Å². The van der Waals surface area contributed by atoms with Crippen LogP contribution in [0.15, 0.2) is 22.7 Å². The van der Waals surface area contributed by atoms with Crippen molar-refractivity contribution in [1.29, 1.82) is 0 Å². The van der Waals surface area contributed by atoms with Gasteiger partial charge in [0.1, 0.15) is 5.69 Å². The van der Waals surface area contributed by atoms with Gasteiger partial charge in [-0.2, -0.15) is 0 Å². The molecule has 144 valence electrons. The van der Waals surface area contributed by atoms with E-state index in [0.29, 0.717) is 29.4 Å². The molecule has 1 aliphatic heterocycles. The lowest BCUT2D eigenvalue weighted by molar-refractivity contribution is 0.118. The number of primary amides is 1. The van der Waals surface area contributed by atoms with Gasteiger partial charge in [-0.05, 0) is 43.9 Å². The molecule has 1 aromatic heterocycles. The maximum atomic E-state index is 12.9. The Morgan fingerprint density at radius 3 is 2.89 bits per heavy atom. The fourth-order valence-electron chi connectivity index (χ4n) is 3.70. The van der Waals surface area contributed by atoms with E-state index in [2.05, 4.69) is 10.5 Å². The molecule has 1 atom stereocenters. The molecule has 0 spiro atoms. The van der Waals surface area contributed by atoms with Crippen LogP contribution in [-0.4, -0.2) is 52.2 Å². The monoisotopic (exact) mass is 391 g/mol. The predicted molar refractivity (Wildman–Crippen MR) is 100 cm³/mol. The van der Waals surface area contributed by atoms with Crippen LogP contribution in [-0.2, 0) is 6.54 Å². The third kappa shape index (κ3) is 3.80. The van der Waals surface area contributed by atoms with Gasteiger partial charge in [0, 0.05) is 29.5 Å². The number of halogens is 1. The Morgan fingerprint density at radius 2 is 2.15 bits per heavy atom. The summed E-state index contributed by atoms with van der Waals surface area (Å²) >= 11 is 6.04. The number of amides is 4. The Balaban J connectivity index is 1.45. The highest BCUT2D eigenvalue weighted by Gasteiger charge is 2.39. The highest BCUT2D eigenvalue weighted by atomic mass is 35.5. The number of carbonyl (C=O) groups excluding carboxylic acids is 2. The standard InChI is InChI=1S/C18H22ClN5O3/c19-11-3-6-16-14(8-11)15(22-27-16)9-21-18(26)24(12-4-5-12)13-2-1-7-23(10-13)17(20)25/h3,6,8,12-13H,1-2,4-5,7,9-10H2,(H2,20,25)(H,21,26)/t13-/m1/s1. The second-order valence-electron chi connectivity index (χ2n) is 7.15. The molecule has 2 fully saturated rings. The van der Waals surface area contributed by atoms with Gasteiger partial charge in [0.15, 0.2) is 5.58 Å². The van der Waals surface area contributed by atoms with Crippen molar-refractivity contribution in [3.05, 3.63) is 28.9 Å². The van der Waals surface area contributed by atoms with E-state index in [1.54, 1.807) is 23.1 Å². The number of carbonyl (C=O) groups is 2. The third-order valence-corrected chi connectivity index (χ3v) is 5.43. The topological polar surface area (TPSA) is 105 Å². The smallest absolute Gasteiger partial charge is 0.318 e. The van der Waals surface area contributed by atoms with E-state index in [4.69, 9.17) is 21.9 Å². The summed E-state index contributed by atoms with van der Waals surface area (Å²) in [5.74, 6) is 0. The summed E-state index contributed by atoms with van der Waals surface area (Å²) in [6.45, 7) is 1.39. The second-order valence-corrected chi connectivity index (χ2v) is 7.58. The molecule has 4 rings (SSSR count). The molecule has 27 heavy (non-hydrogen) atoms. The molecule has 9 heteroatoms. The van der Waals surface area contributed by atoms with Crippen LogP contribution in [0.25, 0.3) is 11.0 Å². The van der Waals surface area contributed by atoms with Crippen molar-refractivity contribution in [2.75, 3.05) is 13.1 Å². The summed E-state index contributed by atoms with van der Waals surface area (Å²) in [6, 6.07) is 4.91. The normalized spacial score (nSPS) is 19.9. The van der Waals surface area contributed by atoms with E-state index >= 15 is 0 Å². The number of aromatic nitrogens is 1. The lowest BCUT2D eigenvalue weighted by Gasteiger charge is -2.38. The number of hydrogen-bond acceptors (Lipinski definition) is 4. The molecule has 2 aromatic rings. The Labute approximate surface area is 161 Å². The average molecular weight is 392 g/mol. The van der Waals surface area contributed by atoms with Gasteiger partial charge in [0.05, 0.1) is 12.6 Å². The van der Waals surface area contributed by atoms with Gasteiger partial charge in [0.2, 0.25) is 0 Å². The first kappa shape index (κ1) is 17.9. The Hall–Kier alpha value is -2.48. The fourth-order valence-corrected chi connectivity index (χ4v) is 3.88.